The molecule has 0 saturated carbocycles. The van der Waals surface area contributed by atoms with Gasteiger partial charge in [0.1, 0.15) is 11.4 Å². The van der Waals surface area contributed by atoms with Crippen molar-refractivity contribution in [3.63, 3.8) is 0 Å². The SMILES string of the molecule is COC1(c2cc(-c3cnc(N)c(C(F)(F)F)c3)nn2C(C)C)CCN(C2COC2)CC1. The second-order valence-electron chi connectivity index (χ2n) is 8.53. The summed E-state index contributed by atoms with van der Waals surface area (Å²) < 4.78 is 53.2. The maximum atomic E-state index is 13.3. The fourth-order valence-corrected chi connectivity index (χ4v) is 4.36. The van der Waals surface area contributed by atoms with Gasteiger partial charge in [-0.3, -0.25) is 9.58 Å². The first kappa shape index (κ1) is 22.0. The molecular weight excluding hydrogens is 411 g/mol. The van der Waals surface area contributed by atoms with Gasteiger partial charge in [0.25, 0.3) is 0 Å². The van der Waals surface area contributed by atoms with Crippen molar-refractivity contribution in [2.75, 3.05) is 39.1 Å². The van der Waals surface area contributed by atoms with E-state index < -0.39 is 23.2 Å². The molecule has 170 valence electrons. The number of ether oxygens (including phenoxy) is 2. The van der Waals surface area contributed by atoms with E-state index in [1.54, 1.807) is 7.11 Å². The summed E-state index contributed by atoms with van der Waals surface area (Å²) in [7, 11) is 1.69. The van der Waals surface area contributed by atoms with E-state index in [4.69, 9.17) is 15.2 Å². The lowest BCUT2D eigenvalue weighted by atomic mass is 9.86. The third kappa shape index (κ3) is 4.04. The van der Waals surface area contributed by atoms with Gasteiger partial charge < -0.3 is 15.2 Å². The Bertz CT molecular complexity index is 932. The second kappa shape index (κ2) is 8.07. The highest BCUT2D eigenvalue weighted by molar-refractivity contribution is 5.63. The molecule has 31 heavy (non-hydrogen) atoms. The van der Waals surface area contributed by atoms with Crippen molar-refractivity contribution < 1.29 is 22.6 Å². The zero-order valence-corrected chi connectivity index (χ0v) is 17.9. The molecular formula is C21H28F3N5O2. The van der Waals surface area contributed by atoms with Gasteiger partial charge >= 0.3 is 6.18 Å². The number of pyridine rings is 1. The van der Waals surface area contributed by atoms with Crippen LogP contribution in [0.2, 0.25) is 0 Å². The molecule has 4 heterocycles. The molecule has 0 bridgehead atoms. The van der Waals surface area contributed by atoms with Gasteiger partial charge in [0.15, 0.2) is 0 Å². The minimum Gasteiger partial charge on any atom is -0.383 e. The number of hydrogen-bond donors (Lipinski definition) is 1. The van der Waals surface area contributed by atoms with Gasteiger partial charge in [0, 0.05) is 38.0 Å². The predicted octanol–water partition coefficient (Wildman–Crippen LogP) is 3.46. The fourth-order valence-electron chi connectivity index (χ4n) is 4.36. The number of likely N-dealkylation sites (tertiary alicyclic amines) is 1. The van der Waals surface area contributed by atoms with Crippen molar-refractivity contribution in [2.45, 2.75) is 50.6 Å². The third-order valence-corrected chi connectivity index (χ3v) is 6.34. The molecule has 10 heteroatoms. The van der Waals surface area contributed by atoms with Gasteiger partial charge in [0.2, 0.25) is 0 Å². The number of halogens is 3. The lowest BCUT2D eigenvalue weighted by molar-refractivity contribution is -0.137. The largest absolute Gasteiger partial charge is 0.419 e. The van der Waals surface area contributed by atoms with Gasteiger partial charge in [-0.15, -0.1) is 0 Å². The molecule has 2 aromatic heterocycles. The Morgan fingerprint density at radius 3 is 2.42 bits per heavy atom. The molecule has 2 N–H and O–H groups in total. The molecule has 2 aliphatic heterocycles. The zero-order chi connectivity index (χ0) is 22.4. The van der Waals surface area contributed by atoms with Gasteiger partial charge in [-0.25, -0.2) is 4.98 Å². The summed E-state index contributed by atoms with van der Waals surface area (Å²) in [6.07, 6.45) is -1.71. The normalized spacial score (nSPS) is 20.2. The van der Waals surface area contributed by atoms with Crippen LogP contribution >= 0.6 is 0 Å². The number of aromatic nitrogens is 3. The van der Waals surface area contributed by atoms with Gasteiger partial charge in [-0.1, -0.05) is 0 Å². The molecule has 0 atom stereocenters. The van der Waals surface area contributed by atoms with Crippen LogP contribution in [0.3, 0.4) is 0 Å². The van der Waals surface area contributed by atoms with Crippen molar-refractivity contribution >= 4 is 5.82 Å². The Kier molecular flexibility index (Phi) is 5.74. The standard InChI is InChI=1S/C21H28F3N5O2/c1-13(2)29-18(20(30-3)4-6-28(7-5-20)15-11-31-12-15)9-17(27-29)14-8-16(21(22,23)24)19(25)26-10-14/h8-10,13,15H,4-7,11-12H2,1-3H3,(H2,25,26). The first-order chi connectivity index (χ1) is 14.6. The number of rotatable bonds is 5. The molecule has 0 spiro atoms. The van der Waals surface area contributed by atoms with E-state index in [1.807, 2.05) is 24.6 Å². The molecule has 4 rings (SSSR count). The quantitative estimate of drug-likeness (QED) is 0.769. The first-order valence-electron chi connectivity index (χ1n) is 10.4. The van der Waals surface area contributed by atoms with Crippen LogP contribution in [0.4, 0.5) is 19.0 Å². The number of nitrogens with zero attached hydrogens (tertiary/aromatic N) is 4. The monoisotopic (exact) mass is 439 g/mol. The number of methoxy groups -OCH3 is 1. The highest BCUT2D eigenvalue weighted by Gasteiger charge is 2.42. The average molecular weight is 439 g/mol. The van der Waals surface area contributed by atoms with Crippen molar-refractivity contribution in [3.05, 3.63) is 29.6 Å². The maximum absolute atomic E-state index is 13.3. The number of alkyl halides is 3. The van der Waals surface area contributed by atoms with Crippen molar-refractivity contribution in [1.82, 2.24) is 19.7 Å². The summed E-state index contributed by atoms with van der Waals surface area (Å²) in [6.45, 7) is 7.24. The molecule has 0 radical (unpaired) electrons. The van der Waals surface area contributed by atoms with Crippen LogP contribution in [0.1, 0.15) is 44.0 Å². The topological polar surface area (TPSA) is 78.4 Å². The van der Waals surface area contributed by atoms with Gasteiger partial charge in [-0.05, 0) is 38.8 Å². The Balaban J connectivity index is 1.69. The van der Waals surface area contributed by atoms with E-state index in [0.29, 0.717) is 11.7 Å². The molecule has 0 aliphatic carbocycles. The predicted molar refractivity (Wildman–Crippen MR) is 109 cm³/mol. The number of anilines is 1. The third-order valence-electron chi connectivity index (χ3n) is 6.34. The highest BCUT2D eigenvalue weighted by atomic mass is 19.4. The van der Waals surface area contributed by atoms with E-state index in [0.717, 1.165) is 50.9 Å². The Morgan fingerprint density at radius 1 is 1.23 bits per heavy atom. The molecule has 2 aromatic rings. The Morgan fingerprint density at radius 2 is 1.90 bits per heavy atom. The van der Waals surface area contributed by atoms with Crippen LogP contribution in [0.15, 0.2) is 18.3 Å². The van der Waals surface area contributed by atoms with E-state index in [2.05, 4.69) is 15.0 Å². The van der Waals surface area contributed by atoms with Crippen molar-refractivity contribution in [2.24, 2.45) is 0 Å². The summed E-state index contributed by atoms with van der Waals surface area (Å²) in [5.74, 6) is -0.541. The van der Waals surface area contributed by atoms with E-state index in [-0.39, 0.29) is 11.6 Å². The summed E-state index contributed by atoms with van der Waals surface area (Å²) in [4.78, 5) is 6.17. The fraction of sp³-hybridized carbons (Fsp3) is 0.619. The van der Waals surface area contributed by atoms with Gasteiger partial charge in [0.05, 0.1) is 36.2 Å². The lowest BCUT2D eigenvalue weighted by Crippen LogP contribution is -2.54. The Labute approximate surface area is 179 Å². The highest BCUT2D eigenvalue weighted by Crippen LogP contribution is 2.41. The molecule has 0 aromatic carbocycles. The van der Waals surface area contributed by atoms with Crippen LogP contribution < -0.4 is 5.73 Å². The number of piperidine rings is 1. The molecule has 2 aliphatic rings. The molecule has 2 saturated heterocycles. The summed E-state index contributed by atoms with van der Waals surface area (Å²) in [5.41, 5.74) is 5.52. The smallest absolute Gasteiger partial charge is 0.383 e. The van der Waals surface area contributed by atoms with Crippen LogP contribution in [0.25, 0.3) is 11.3 Å². The molecule has 0 unspecified atom stereocenters. The van der Waals surface area contributed by atoms with Crippen LogP contribution in [-0.4, -0.2) is 59.1 Å². The summed E-state index contributed by atoms with van der Waals surface area (Å²) in [5, 5.41) is 4.64. The summed E-state index contributed by atoms with van der Waals surface area (Å²) >= 11 is 0. The zero-order valence-electron chi connectivity index (χ0n) is 17.9. The van der Waals surface area contributed by atoms with E-state index in [9.17, 15) is 13.2 Å². The van der Waals surface area contributed by atoms with Crippen molar-refractivity contribution in [3.8, 4) is 11.3 Å². The van der Waals surface area contributed by atoms with Crippen LogP contribution in [0, 0.1) is 0 Å². The average Bonchev–Trinajstić information content (AvgIpc) is 3.13. The van der Waals surface area contributed by atoms with Crippen molar-refractivity contribution in [1.29, 1.82) is 0 Å². The van der Waals surface area contributed by atoms with Crippen LogP contribution in [0.5, 0.6) is 0 Å². The van der Waals surface area contributed by atoms with E-state index in [1.165, 1.54) is 6.20 Å². The molecule has 7 nitrogen and oxygen atoms in total. The number of hydrogen-bond acceptors (Lipinski definition) is 6. The summed E-state index contributed by atoms with van der Waals surface area (Å²) in [6, 6.07) is 3.32. The number of nitrogen functional groups attached to an aromatic ring is 1. The minimum absolute atomic E-state index is 0.0117. The lowest BCUT2D eigenvalue weighted by Gasteiger charge is -2.46. The minimum atomic E-state index is -4.58. The van der Waals surface area contributed by atoms with E-state index >= 15 is 0 Å². The first-order valence-corrected chi connectivity index (χ1v) is 10.4. The molecule has 2 fully saturated rings. The Hall–Kier alpha value is -2.17. The molecule has 0 amide bonds. The second-order valence-corrected chi connectivity index (χ2v) is 8.53. The maximum Gasteiger partial charge on any atom is 0.419 e. The van der Waals surface area contributed by atoms with Crippen LogP contribution in [-0.2, 0) is 21.3 Å². The van der Waals surface area contributed by atoms with Gasteiger partial charge in [-0.2, -0.15) is 18.3 Å². The number of nitrogens with two attached hydrogens (primary N) is 1.